The normalized spacial score (nSPS) is 25.0. The van der Waals surface area contributed by atoms with Crippen molar-refractivity contribution in [2.75, 3.05) is 5.75 Å². The van der Waals surface area contributed by atoms with Crippen LogP contribution in [0.2, 0.25) is 0 Å². The molecule has 0 bridgehead atoms. The van der Waals surface area contributed by atoms with Gasteiger partial charge >= 0.3 is 0 Å². The summed E-state index contributed by atoms with van der Waals surface area (Å²) in [5, 5.41) is 10.4. The highest BCUT2D eigenvalue weighted by molar-refractivity contribution is 7.85. The van der Waals surface area contributed by atoms with Crippen LogP contribution in [0.4, 0.5) is 0 Å². The number of phenolic OH excluding ortho intramolecular Hbond substituents is 1. The SMILES string of the molecule is CC(=O)c1c(O)c(C)c2c3c1OC1=CC(=O)C(C(C)=NC(C)CS(=O)(=O)O)C(=O)C13O2. The summed E-state index contributed by atoms with van der Waals surface area (Å²) < 4.78 is 42.6. The van der Waals surface area contributed by atoms with Crippen LogP contribution in [-0.4, -0.2) is 52.9 Å². The molecular weight excluding hydrogens is 430 g/mol. The Labute approximate surface area is 177 Å². The lowest BCUT2D eigenvalue weighted by Gasteiger charge is -2.42. The van der Waals surface area contributed by atoms with Gasteiger partial charge in [-0.2, -0.15) is 8.42 Å². The molecule has 3 aliphatic rings. The van der Waals surface area contributed by atoms with Crippen LogP contribution in [0.25, 0.3) is 0 Å². The van der Waals surface area contributed by atoms with Gasteiger partial charge in [0.25, 0.3) is 15.7 Å². The maximum atomic E-state index is 13.5. The van der Waals surface area contributed by atoms with Crippen LogP contribution in [-0.2, 0) is 25.3 Å². The number of hydrogen-bond donors (Lipinski definition) is 2. The summed E-state index contributed by atoms with van der Waals surface area (Å²) in [6.07, 6.45) is 1.10. The molecule has 1 spiro atoms. The molecule has 1 aliphatic carbocycles. The van der Waals surface area contributed by atoms with E-state index in [1.165, 1.54) is 27.7 Å². The van der Waals surface area contributed by atoms with E-state index in [9.17, 15) is 27.9 Å². The minimum absolute atomic E-state index is 0.0146. The summed E-state index contributed by atoms with van der Waals surface area (Å²) in [5.41, 5.74) is -1.22. The number of aliphatic imine (C=N–C) groups is 1. The number of benzene rings is 1. The van der Waals surface area contributed by atoms with Crippen LogP contribution in [0.3, 0.4) is 0 Å². The van der Waals surface area contributed by atoms with Gasteiger partial charge in [-0.15, -0.1) is 0 Å². The van der Waals surface area contributed by atoms with E-state index in [1.54, 1.807) is 0 Å². The van der Waals surface area contributed by atoms with Gasteiger partial charge in [-0.1, -0.05) is 0 Å². The Kier molecular flexibility index (Phi) is 4.43. The van der Waals surface area contributed by atoms with Crippen LogP contribution in [0, 0.1) is 12.8 Å². The van der Waals surface area contributed by atoms with Crippen LogP contribution in [0.1, 0.15) is 42.3 Å². The number of carbonyl (C=O) groups excluding carboxylic acids is 3. The van der Waals surface area contributed by atoms with E-state index in [0.29, 0.717) is 0 Å². The van der Waals surface area contributed by atoms with Gasteiger partial charge in [0.15, 0.2) is 23.1 Å². The molecule has 11 heteroatoms. The van der Waals surface area contributed by atoms with Crippen molar-refractivity contribution in [1.82, 2.24) is 0 Å². The molecule has 3 atom stereocenters. The Balaban J connectivity index is 1.82. The van der Waals surface area contributed by atoms with Gasteiger partial charge in [-0.25, -0.2) is 0 Å². The Morgan fingerprint density at radius 2 is 1.94 bits per heavy atom. The summed E-state index contributed by atoms with van der Waals surface area (Å²) in [6, 6.07) is -0.896. The average molecular weight is 449 g/mol. The summed E-state index contributed by atoms with van der Waals surface area (Å²) in [6.45, 7) is 5.61. The van der Waals surface area contributed by atoms with Crippen LogP contribution < -0.4 is 9.47 Å². The molecule has 0 aromatic heterocycles. The lowest BCUT2D eigenvalue weighted by Crippen LogP contribution is -2.56. The second kappa shape index (κ2) is 6.47. The zero-order valence-electron chi connectivity index (χ0n) is 17.0. The molecule has 2 N–H and O–H groups in total. The van der Waals surface area contributed by atoms with Gasteiger partial charge in [-0.3, -0.25) is 23.9 Å². The Morgan fingerprint density at radius 1 is 1.29 bits per heavy atom. The first-order valence-electron chi connectivity index (χ1n) is 9.37. The quantitative estimate of drug-likeness (QED) is 0.292. The maximum absolute atomic E-state index is 13.5. The van der Waals surface area contributed by atoms with Crippen LogP contribution in [0.15, 0.2) is 16.8 Å². The van der Waals surface area contributed by atoms with Crippen molar-refractivity contribution in [1.29, 1.82) is 0 Å². The van der Waals surface area contributed by atoms with Gasteiger partial charge in [0.05, 0.1) is 17.4 Å². The molecular formula is C20H19NO9S. The molecule has 4 rings (SSSR count). The van der Waals surface area contributed by atoms with E-state index < -0.39 is 50.8 Å². The number of aromatic hydroxyl groups is 1. The van der Waals surface area contributed by atoms with Gasteiger partial charge < -0.3 is 14.6 Å². The number of Topliss-reactive ketones (excluding diaryl/α,β-unsaturated/α-hetero) is 2. The number of nitrogens with zero attached hydrogens (tertiary/aromatic N) is 1. The van der Waals surface area contributed by atoms with Gasteiger partial charge in [0, 0.05) is 17.4 Å². The molecule has 0 amide bonds. The predicted octanol–water partition coefficient (Wildman–Crippen LogP) is 1.27. The monoisotopic (exact) mass is 449 g/mol. The van der Waals surface area contributed by atoms with Gasteiger partial charge in [0.2, 0.25) is 5.78 Å². The van der Waals surface area contributed by atoms with Crippen molar-refractivity contribution in [3.8, 4) is 17.2 Å². The number of rotatable bonds is 5. The molecule has 0 radical (unpaired) electrons. The summed E-state index contributed by atoms with van der Waals surface area (Å²) in [5.74, 6) is -4.04. The molecule has 0 fully saturated rings. The van der Waals surface area contributed by atoms with Crippen molar-refractivity contribution in [3.63, 3.8) is 0 Å². The first-order chi connectivity index (χ1) is 14.3. The fourth-order valence-electron chi connectivity index (χ4n) is 4.34. The smallest absolute Gasteiger partial charge is 0.266 e. The first-order valence-corrected chi connectivity index (χ1v) is 11.0. The zero-order chi connectivity index (χ0) is 23.0. The second-order valence-corrected chi connectivity index (χ2v) is 9.40. The summed E-state index contributed by atoms with van der Waals surface area (Å²) in [7, 11) is -4.29. The van der Waals surface area contributed by atoms with Crippen molar-refractivity contribution in [2.24, 2.45) is 10.9 Å². The molecule has 10 nitrogen and oxygen atoms in total. The molecule has 0 saturated heterocycles. The van der Waals surface area contributed by atoms with E-state index in [0.717, 1.165) is 6.08 Å². The third-order valence-corrected chi connectivity index (χ3v) is 6.50. The van der Waals surface area contributed by atoms with E-state index in [1.807, 2.05) is 0 Å². The highest BCUT2D eigenvalue weighted by atomic mass is 32.2. The van der Waals surface area contributed by atoms with E-state index in [-0.39, 0.29) is 45.4 Å². The number of phenols is 1. The molecule has 3 unspecified atom stereocenters. The minimum atomic E-state index is -4.29. The zero-order valence-corrected chi connectivity index (χ0v) is 17.9. The standard InChI is InChI=1S/C20H19NO9S/c1-7(6-31(26,27)28)21-9(3)13-11(23)5-12-20(19(13)25)15-17(30-20)8(2)16(24)14(10(4)22)18(15)29-12/h5,7,13,24H,6H2,1-4H3,(H,26,27,28). The largest absolute Gasteiger partial charge is 0.507 e. The average Bonchev–Trinajstić information content (AvgIpc) is 2.82. The van der Waals surface area contributed by atoms with Crippen molar-refractivity contribution in [3.05, 3.63) is 28.5 Å². The summed E-state index contributed by atoms with van der Waals surface area (Å²) >= 11 is 0. The molecule has 0 saturated carbocycles. The lowest BCUT2D eigenvalue weighted by molar-refractivity contribution is -0.143. The molecule has 2 heterocycles. The number of ether oxygens (including phenoxy) is 2. The first kappa shape index (κ1) is 21.2. The van der Waals surface area contributed by atoms with E-state index in [2.05, 4.69) is 4.99 Å². The fourth-order valence-corrected chi connectivity index (χ4v) is 5.02. The van der Waals surface area contributed by atoms with E-state index in [4.69, 9.17) is 14.0 Å². The molecule has 31 heavy (non-hydrogen) atoms. The lowest BCUT2D eigenvalue weighted by atomic mass is 9.71. The van der Waals surface area contributed by atoms with Gasteiger partial charge in [-0.05, 0) is 27.7 Å². The highest BCUT2D eigenvalue weighted by Crippen LogP contribution is 2.64. The highest BCUT2D eigenvalue weighted by Gasteiger charge is 2.68. The second-order valence-electron chi connectivity index (χ2n) is 7.90. The summed E-state index contributed by atoms with van der Waals surface area (Å²) in [4.78, 5) is 42.4. The van der Waals surface area contributed by atoms with Crippen molar-refractivity contribution < 1.29 is 41.9 Å². The van der Waals surface area contributed by atoms with Crippen molar-refractivity contribution in [2.45, 2.75) is 39.3 Å². The molecule has 1 aromatic carbocycles. The van der Waals surface area contributed by atoms with E-state index >= 15 is 0 Å². The molecule has 2 aliphatic heterocycles. The van der Waals surface area contributed by atoms with Crippen molar-refractivity contribution >= 4 is 33.2 Å². The Bertz CT molecular complexity index is 1260. The van der Waals surface area contributed by atoms with Gasteiger partial charge in [0.1, 0.15) is 23.0 Å². The maximum Gasteiger partial charge on any atom is 0.266 e. The number of hydrogen-bond acceptors (Lipinski definition) is 9. The minimum Gasteiger partial charge on any atom is -0.507 e. The predicted molar refractivity (Wildman–Crippen MR) is 106 cm³/mol. The number of ketones is 3. The third-order valence-electron chi connectivity index (χ3n) is 5.59. The van der Waals surface area contributed by atoms with Crippen LogP contribution in [0.5, 0.6) is 17.2 Å². The number of allylic oxidation sites excluding steroid dienone is 1. The molecule has 1 aromatic rings. The number of carbonyl (C=O) groups is 3. The molecule has 164 valence electrons. The van der Waals surface area contributed by atoms with Crippen LogP contribution >= 0.6 is 0 Å². The topological polar surface area (TPSA) is 157 Å². The Hall–Kier alpha value is -3.05. The Morgan fingerprint density at radius 3 is 2.52 bits per heavy atom. The fraction of sp³-hybridized carbons (Fsp3) is 0.400. The third kappa shape index (κ3) is 2.83.